The number of hydrogen-bond acceptors (Lipinski definition) is 3. The zero-order valence-corrected chi connectivity index (χ0v) is 14.8. The number of hydrogen-bond donors (Lipinski definition) is 0. The highest BCUT2D eigenvalue weighted by Crippen LogP contribution is 2.25. The van der Waals surface area contributed by atoms with Crippen LogP contribution in [0.4, 0.5) is 0 Å². The quantitative estimate of drug-likeness (QED) is 0.801. The number of aromatic nitrogens is 1. The number of pyridine rings is 1. The van der Waals surface area contributed by atoms with Gasteiger partial charge < -0.3 is 4.90 Å². The molecule has 1 aromatic heterocycles. The van der Waals surface area contributed by atoms with Crippen molar-refractivity contribution in [3.63, 3.8) is 0 Å². The average molecular weight is 336 g/mol. The van der Waals surface area contributed by atoms with Crippen LogP contribution in [-0.4, -0.2) is 34.7 Å². The molecule has 0 spiro atoms. The predicted octanol–water partition coefficient (Wildman–Crippen LogP) is 3.62. The summed E-state index contributed by atoms with van der Waals surface area (Å²) in [5.41, 5.74) is 2.91. The number of carbonyl (C=O) groups excluding carboxylic acids is 2. The van der Waals surface area contributed by atoms with Crippen molar-refractivity contribution in [1.29, 1.82) is 0 Å². The van der Waals surface area contributed by atoms with Crippen molar-refractivity contribution >= 4 is 11.7 Å². The van der Waals surface area contributed by atoms with Crippen molar-refractivity contribution in [3.05, 3.63) is 65.5 Å². The second-order valence-corrected chi connectivity index (χ2v) is 6.84. The molecule has 1 saturated heterocycles. The van der Waals surface area contributed by atoms with Crippen LogP contribution in [0.25, 0.3) is 0 Å². The zero-order valence-electron chi connectivity index (χ0n) is 14.8. The summed E-state index contributed by atoms with van der Waals surface area (Å²) in [5.74, 6) is 0.136. The number of amides is 1. The van der Waals surface area contributed by atoms with Gasteiger partial charge in [-0.15, -0.1) is 0 Å². The van der Waals surface area contributed by atoms with Crippen LogP contribution < -0.4 is 0 Å². The van der Waals surface area contributed by atoms with E-state index in [1.807, 2.05) is 49.1 Å². The number of ketones is 1. The van der Waals surface area contributed by atoms with Crippen molar-refractivity contribution in [2.24, 2.45) is 5.92 Å². The van der Waals surface area contributed by atoms with Gasteiger partial charge >= 0.3 is 0 Å². The Hall–Kier alpha value is -2.49. The summed E-state index contributed by atoms with van der Waals surface area (Å²) in [7, 11) is 0. The first-order valence-corrected chi connectivity index (χ1v) is 8.86. The van der Waals surface area contributed by atoms with Crippen molar-refractivity contribution in [3.8, 4) is 0 Å². The first-order valence-electron chi connectivity index (χ1n) is 8.86. The van der Waals surface area contributed by atoms with Crippen LogP contribution >= 0.6 is 0 Å². The lowest BCUT2D eigenvalue weighted by Crippen LogP contribution is -2.42. The van der Waals surface area contributed by atoms with Gasteiger partial charge in [-0.3, -0.25) is 14.6 Å². The Bertz CT molecular complexity index is 732. The maximum Gasteiger partial charge on any atom is 0.229 e. The molecule has 2 aromatic rings. The molecule has 0 radical (unpaired) electrons. The van der Waals surface area contributed by atoms with Gasteiger partial charge in [-0.1, -0.05) is 29.8 Å². The molecular weight excluding hydrogens is 312 g/mol. The van der Waals surface area contributed by atoms with E-state index in [1.54, 1.807) is 18.5 Å². The molecule has 130 valence electrons. The minimum atomic E-state index is -0.147. The van der Waals surface area contributed by atoms with Gasteiger partial charge in [0.15, 0.2) is 5.78 Å². The molecule has 4 nitrogen and oxygen atoms in total. The molecule has 4 heteroatoms. The molecule has 1 unspecified atom stereocenters. The summed E-state index contributed by atoms with van der Waals surface area (Å²) >= 11 is 0. The summed E-state index contributed by atoms with van der Waals surface area (Å²) in [6, 6.07) is 11.7. The van der Waals surface area contributed by atoms with E-state index in [0.29, 0.717) is 18.7 Å². The fraction of sp³-hybridized carbons (Fsp3) is 0.381. The van der Waals surface area contributed by atoms with Crippen LogP contribution in [0, 0.1) is 12.8 Å². The third-order valence-electron chi connectivity index (χ3n) is 5.07. The van der Waals surface area contributed by atoms with Gasteiger partial charge in [-0.25, -0.2) is 0 Å². The second-order valence-electron chi connectivity index (χ2n) is 6.84. The molecule has 1 fully saturated rings. The van der Waals surface area contributed by atoms with Gasteiger partial charge in [0, 0.05) is 37.0 Å². The molecular formula is C21H24N2O2. The third kappa shape index (κ3) is 3.95. The number of likely N-dealkylation sites (tertiary alicyclic amines) is 1. The first-order chi connectivity index (χ1) is 12.1. The molecule has 0 saturated carbocycles. The van der Waals surface area contributed by atoms with E-state index in [4.69, 9.17) is 0 Å². The number of nitrogens with zero attached hydrogens (tertiary/aromatic N) is 2. The molecule has 1 aliphatic heterocycles. The van der Waals surface area contributed by atoms with Crippen LogP contribution in [-0.2, 0) is 4.79 Å². The Morgan fingerprint density at radius 3 is 2.40 bits per heavy atom. The number of carbonyl (C=O) groups is 2. The highest BCUT2D eigenvalue weighted by molar-refractivity contribution is 5.97. The standard InChI is InChI=1S/C21H24N2O2/c1-15-5-7-17(8-6-15)16(2)21(25)23-12-9-18(10-13-23)20(24)19-4-3-11-22-14-19/h3-8,11,14,16,18H,9-10,12-13H2,1-2H3. The molecule has 0 aliphatic carbocycles. The van der Waals surface area contributed by atoms with Gasteiger partial charge in [0.2, 0.25) is 5.91 Å². The van der Waals surface area contributed by atoms with E-state index < -0.39 is 0 Å². The van der Waals surface area contributed by atoms with E-state index in [2.05, 4.69) is 4.98 Å². The number of piperidine rings is 1. The van der Waals surface area contributed by atoms with E-state index in [-0.39, 0.29) is 23.5 Å². The molecule has 3 rings (SSSR count). The largest absolute Gasteiger partial charge is 0.342 e. The summed E-state index contributed by atoms with van der Waals surface area (Å²) in [5, 5.41) is 0. The number of benzene rings is 1. The molecule has 25 heavy (non-hydrogen) atoms. The first kappa shape index (κ1) is 17.3. The van der Waals surface area contributed by atoms with E-state index in [1.165, 1.54) is 5.56 Å². The topological polar surface area (TPSA) is 50.3 Å². The monoisotopic (exact) mass is 336 g/mol. The summed E-state index contributed by atoms with van der Waals surface area (Å²) < 4.78 is 0. The fourth-order valence-corrected chi connectivity index (χ4v) is 3.38. The molecule has 0 bridgehead atoms. The van der Waals surface area contributed by atoms with Crippen molar-refractivity contribution in [1.82, 2.24) is 9.88 Å². The van der Waals surface area contributed by atoms with Crippen LogP contribution in [0.2, 0.25) is 0 Å². The SMILES string of the molecule is Cc1ccc(C(C)C(=O)N2CCC(C(=O)c3cccnc3)CC2)cc1. The van der Waals surface area contributed by atoms with Crippen molar-refractivity contribution in [2.75, 3.05) is 13.1 Å². The Balaban J connectivity index is 1.59. The van der Waals surface area contributed by atoms with Crippen molar-refractivity contribution in [2.45, 2.75) is 32.6 Å². The summed E-state index contributed by atoms with van der Waals surface area (Å²) in [6.45, 7) is 5.29. The van der Waals surface area contributed by atoms with Gasteiger partial charge in [0.1, 0.15) is 0 Å². The van der Waals surface area contributed by atoms with Gasteiger partial charge in [0.05, 0.1) is 5.92 Å². The molecule has 2 heterocycles. The maximum atomic E-state index is 12.8. The molecule has 1 aliphatic rings. The minimum Gasteiger partial charge on any atom is -0.342 e. The van der Waals surface area contributed by atoms with E-state index in [0.717, 1.165) is 18.4 Å². The second kappa shape index (κ2) is 7.60. The van der Waals surface area contributed by atoms with E-state index in [9.17, 15) is 9.59 Å². The Labute approximate surface area is 148 Å². The van der Waals surface area contributed by atoms with Crippen molar-refractivity contribution < 1.29 is 9.59 Å². The average Bonchev–Trinajstić information content (AvgIpc) is 2.67. The number of Topliss-reactive ketones (excluding diaryl/α,β-unsaturated/α-hetero) is 1. The highest BCUT2D eigenvalue weighted by Gasteiger charge is 2.30. The lowest BCUT2D eigenvalue weighted by Gasteiger charge is -2.33. The van der Waals surface area contributed by atoms with Crippen LogP contribution in [0.1, 0.15) is 47.2 Å². The van der Waals surface area contributed by atoms with Gasteiger partial charge in [0.25, 0.3) is 0 Å². The third-order valence-corrected chi connectivity index (χ3v) is 5.07. The Morgan fingerprint density at radius 1 is 1.12 bits per heavy atom. The van der Waals surface area contributed by atoms with E-state index >= 15 is 0 Å². The fourth-order valence-electron chi connectivity index (χ4n) is 3.38. The number of aryl methyl sites for hydroxylation is 1. The van der Waals surface area contributed by atoms with Crippen LogP contribution in [0.3, 0.4) is 0 Å². The zero-order chi connectivity index (χ0) is 17.8. The summed E-state index contributed by atoms with van der Waals surface area (Å²) in [4.78, 5) is 31.2. The molecule has 1 amide bonds. The number of rotatable bonds is 4. The molecule has 0 N–H and O–H groups in total. The smallest absolute Gasteiger partial charge is 0.229 e. The lowest BCUT2D eigenvalue weighted by atomic mass is 9.88. The van der Waals surface area contributed by atoms with Gasteiger partial charge in [-0.2, -0.15) is 0 Å². The Kier molecular flexibility index (Phi) is 5.27. The minimum absolute atomic E-state index is 0.0112. The highest BCUT2D eigenvalue weighted by atomic mass is 16.2. The lowest BCUT2D eigenvalue weighted by molar-refractivity contribution is -0.133. The van der Waals surface area contributed by atoms with Crippen LogP contribution in [0.15, 0.2) is 48.8 Å². The maximum absolute atomic E-state index is 12.8. The molecule has 1 aromatic carbocycles. The summed E-state index contributed by atoms with van der Waals surface area (Å²) in [6.07, 6.45) is 4.74. The van der Waals surface area contributed by atoms with Crippen LogP contribution in [0.5, 0.6) is 0 Å². The normalized spacial score (nSPS) is 16.5. The van der Waals surface area contributed by atoms with Gasteiger partial charge in [-0.05, 0) is 44.4 Å². The Morgan fingerprint density at radius 2 is 1.80 bits per heavy atom. The predicted molar refractivity (Wildman–Crippen MR) is 97.5 cm³/mol. The molecule has 1 atom stereocenters.